The third kappa shape index (κ3) is 3.56. The molecule has 0 saturated heterocycles. The van der Waals surface area contributed by atoms with E-state index in [9.17, 15) is 0 Å². The van der Waals surface area contributed by atoms with Crippen LogP contribution in [0.5, 0.6) is 0 Å². The second kappa shape index (κ2) is 8.82. The first kappa shape index (κ1) is 26.5. The molecular formula is C41H39N. The second-order valence-corrected chi connectivity index (χ2v) is 13.5. The van der Waals surface area contributed by atoms with E-state index in [1.165, 1.54) is 55.4 Å². The Labute approximate surface area is 250 Å². The molecule has 0 atom stereocenters. The van der Waals surface area contributed by atoms with E-state index in [0.717, 1.165) is 33.6 Å². The monoisotopic (exact) mass is 545 g/mol. The third-order valence-electron chi connectivity index (χ3n) is 9.93. The van der Waals surface area contributed by atoms with E-state index in [1.54, 1.807) is 0 Å². The molecule has 0 bridgehead atoms. The topological polar surface area (TPSA) is 3.24 Å². The van der Waals surface area contributed by atoms with Crippen LogP contribution in [-0.4, -0.2) is 0 Å². The SMILES string of the molecule is C=C(C)c1ccc(N(c2ccc(C(=C)C)cc2)c2cc3c4c(c2)C(C)(C)c2cccc5c(C)cc(c-4c25)C3(C)C)cc1. The van der Waals surface area contributed by atoms with Crippen LogP contribution in [0.1, 0.15) is 80.5 Å². The fourth-order valence-corrected chi connectivity index (χ4v) is 7.46. The van der Waals surface area contributed by atoms with Gasteiger partial charge >= 0.3 is 0 Å². The van der Waals surface area contributed by atoms with Gasteiger partial charge in [-0.3, -0.25) is 0 Å². The van der Waals surface area contributed by atoms with E-state index in [0.29, 0.717) is 0 Å². The zero-order chi connectivity index (χ0) is 29.7. The fourth-order valence-electron chi connectivity index (χ4n) is 7.46. The molecule has 0 N–H and O–H groups in total. The number of hydrogen-bond acceptors (Lipinski definition) is 1. The van der Waals surface area contributed by atoms with Crippen LogP contribution in [-0.2, 0) is 10.8 Å². The molecule has 7 rings (SSSR count). The quantitative estimate of drug-likeness (QED) is 0.212. The number of allylic oxidation sites excluding steroid dienone is 2. The smallest absolute Gasteiger partial charge is 0.0468 e. The predicted octanol–water partition coefficient (Wildman–Crippen LogP) is 11.6. The van der Waals surface area contributed by atoms with Gasteiger partial charge in [0.05, 0.1) is 0 Å². The molecule has 208 valence electrons. The average molecular weight is 546 g/mol. The summed E-state index contributed by atoms with van der Waals surface area (Å²) in [5, 5.41) is 2.83. The molecule has 0 heterocycles. The third-order valence-corrected chi connectivity index (χ3v) is 9.93. The lowest BCUT2D eigenvalue weighted by Gasteiger charge is -2.37. The van der Waals surface area contributed by atoms with E-state index < -0.39 is 0 Å². The Balaban J connectivity index is 1.53. The summed E-state index contributed by atoms with van der Waals surface area (Å²) in [7, 11) is 0. The first-order chi connectivity index (χ1) is 19.9. The molecule has 0 fully saturated rings. The first-order valence-corrected chi connectivity index (χ1v) is 15.0. The van der Waals surface area contributed by atoms with Gasteiger partial charge in [-0.1, -0.05) is 101 Å². The molecule has 0 aliphatic heterocycles. The van der Waals surface area contributed by atoms with Crippen molar-refractivity contribution in [1.82, 2.24) is 0 Å². The number of rotatable bonds is 5. The highest BCUT2D eigenvalue weighted by molar-refractivity contribution is 6.09. The van der Waals surface area contributed by atoms with Gasteiger partial charge in [-0.15, -0.1) is 0 Å². The standard InChI is InChI=1S/C41H39N/c1-24(2)27-13-17-29(18-14-27)42(30-19-15-28(16-20-30)25(3)4)31-22-35-38-36(23-31)41(8,9)34-21-26(5)32-11-10-12-33(40(35,6)7)37(32)39(34)38/h10-23H,1,3H2,2,4-9H3. The maximum absolute atomic E-state index is 4.16. The van der Waals surface area contributed by atoms with Crippen molar-refractivity contribution in [3.05, 3.63) is 137 Å². The highest BCUT2D eigenvalue weighted by Crippen LogP contribution is 2.61. The molecule has 0 unspecified atom stereocenters. The molecule has 0 spiro atoms. The van der Waals surface area contributed by atoms with Gasteiger partial charge in [-0.05, 0) is 118 Å². The van der Waals surface area contributed by atoms with Crippen molar-refractivity contribution in [2.45, 2.75) is 59.3 Å². The van der Waals surface area contributed by atoms with Crippen molar-refractivity contribution in [2.75, 3.05) is 4.90 Å². The molecular weight excluding hydrogens is 506 g/mol. The predicted molar refractivity (Wildman–Crippen MR) is 182 cm³/mol. The van der Waals surface area contributed by atoms with E-state index in [4.69, 9.17) is 0 Å². The lowest BCUT2D eigenvalue weighted by Crippen LogP contribution is -2.25. The summed E-state index contributed by atoms with van der Waals surface area (Å²) in [6.07, 6.45) is 0. The van der Waals surface area contributed by atoms with E-state index in [-0.39, 0.29) is 10.8 Å². The summed E-state index contributed by atoms with van der Waals surface area (Å²) in [6, 6.07) is 31.9. The van der Waals surface area contributed by atoms with Gasteiger partial charge in [0.15, 0.2) is 0 Å². The van der Waals surface area contributed by atoms with Gasteiger partial charge in [-0.2, -0.15) is 0 Å². The lowest BCUT2D eigenvalue weighted by atomic mass is 9.68. The summed E-state index contributed by atoms with van der Waals surface area (Å²) in [5.41, 5.74) is 17.6. The zero-order valence-corrected chi connectivity index (χ0v) is 25.9. The van der Waals surface area contributed by atoms with Crippen molar-refractivity contribution >= 4 is 39.0 Å². The zero-order valence-electron chi connectivity index (χ0n) is 25.9. The normalized spacial score (nSPS) is 15.1. The number of aryl methyl sites for hydroxylation is 1. The molecule has 0 aromatic heterocycles. The molecule has 0 saturated carbocycles. The number of anilines is 3. The summed E-state index contributed by atoms with van der Waals surface area (Å²) in [5.74, 6) is 0. The Kier molecular flexibility index (Phi) is 5.57. The van der Waals surface area contributed by atoms with Gasteiger partial charge in [0.1, 0.15) is 0 Å². The molecule has 5 aromatic rings. The van der Waals surface area contributed by atoms with Crippen molar-refractivity contribution in [1.29, 1.82) is 0 Å². The molecule has 1 heteroatoms. The van der Waals surface area contributed by atoms with Crippen LogP contribution in [0, 0.1) is 6.92 Å². The Bertz CT molecular complexity index is 1910. The van der Waals surface area contributed by atoms with Gasteiger partial charge in [0, 0.05) is 27.9 Å². The van der Waals surface area contributed by atoms with E-state index in [2.05, 4.69) is 151 Å². The minimum atomic E-state index is -0.141. The van der Waals surface area contributed by atoms with E-state index >= 15 is 0 Å². The van der Waals surface area contributed by atoms with Crippen LogP contribution in [0.25, 0.3) is 33.0 Å². The van der Waals surface area contributed by atoms with Crippen LogP contribution in [0.3, 0.4) is 0 Å². The van der Waals surface area contributed by atoms with Crippen molar-refractivity contribution < 1.29 is 0 Å². The Morgan fingerprint density at radius 3 is 1.55 bits per heavy atom. The van der Waals surface area contributed by atoms with Crippen LogP contribution in [0.2, 0.25) is 0 Å². The lowest BCUT2D eigenvalue weighted by molar-refractivity contribution is 0.639. The number of benzene rings is 5. The molecule has 1 nitrogen and oxygen atoms in total. The van der Waals surface area contributed by atoms with Crippen molar-refractivity contribution in [3.8, 4) is 11.1 Å². The molecule has 2 aliphatic carbocycles. The Morgan fingerprint density at radius 2 is 1.05 bits per heavy atom. The van der Waals surface area contributed by atoms with Crippen molar-refractivity contribution in [3.63, 3.8) is 0 Å². The molecule has 2 aliphatic rings. The molecule has 0 radical (unpaired) electrons. The van der Waals surface area contributed by atoms with Crippen LogP contribution in [0.15, 0.2) is 98.1 Å². The summed E-state index contributed by atoms with van der Waals surface area (Å²) in [6.45, 7) is 24.4. The van der Waals surface area contributed by atoms with Gasteiger partial charge < -0.3 is 4.90 Å². The number of hydrogen-bond donors (Lipinski definition) is 0. The van der Waals surface area contributed by atoms with Crippen LogP contribution >= 0.6 is 0 Å². The summed E-state index contributed by atoms with van der Waals surface area (Å²) >= 11 is 0. The van der Waals surface area contributed by atoms with Gasteiger partial charge in [-0.25, -0.2) is 0 Å². The van der Waals surface area contributed by atoms with Gasteiger partial charge in [0.2, 0.25) is 0 Å². The first-order valence-electron chi connectivity index (χ1n) is 15.0. The maximum Gasteiger partial charge on any atom is 0.0468 e. The van der Waals surface area contributed by atoms with Crippen LogP contribution < -0.4 is 4.90 Å². The minimum absolute atomic E-state index is 0.110. The Hall–Kier alpha value is -4.36. The fraction of sp³-hybridized carbons (Fsp3) is 0.220. The summed E-state index contributed by atoms with van der Waals surface area (Å²) < 4.78 is 0. The second-order valence-electron chi connectivity index (χ2n) is 13.5. The van der Waals surface area contributed by atoms with Crippen molar-refractivity contribution in [2.24, 2.45) is 0 Å². The van der Waals surface area contributed by atoms with Crippen LogP contribution in [0.4, 0.5) is 17.1 Å². The summed E-state index contributed by atoms with van der Waals surface area (Å²) in [4.78, 5) is 2.41. The molecule has 5 aromatic carbocycles. The Morgan fingerprint density at radius 1 is 0.571 bits per heavy atom. The minimum Gasteiger partial charge on any atom is -0.310 e. The molecule has 0 amide bonds. The highest BCUT2D eigenvalue weighted by atomic mass is 15.1. The molecule has 42 heavy (non-hydrogen) atoms. The maximum atomic E-state index is 4.16. The van der Waals surface area contributed by atoms with E-state index in [1.807, 2.05) is 0 Å². The largest absolute Gasteiger partial charge is 0.310 e. The van der Waals surface area contributed by atoms with Gasteiger partial charge in [0.25, 0.3) is 0 Å². The highest BCUT2D eigenvalue weighted by Gasteiger charge is 2.45. The number of nitrogens with zero attached hydrogens (tertiary/aromatic N) is 1. The average Bonchev–Trinajstić information content (AvgIpc) is 3.19.